The highest BCUT2D eigenvalue weighted by molar-refractivity contribution is 7.08. The Morgan fingerprint density at radius 2 is 2.43 bits per heavy atom. The number of thiophene rings is 1. The van der Waals surface area contributed by atoms with E-state index in [2.05, 4.69) is 5.10 Å². The minimum atomic E-state index is 0.0472. The van der Waals surface area contributed by atoms with Crippen LogP contribution in [0.15, 0.2) is 29.2 Å². The van der Waals surface area contributed by atoms with Gasteiger partial charge < -0.3 is 0 Å². The third-order valence-electron chi connectivity index (χ3n) is 2.00. The van der Waals surface area contributed by atoms with Crippen LogP contribution >= 0.6 is 11.3 Å². The molecule has 0 aromatic carbocycles. The van der Waals surface area contributed by atoms with Gasteiger partial charge in [-0.15, -0.1) is 0 Å². The van der Waals surface area contributed by atoms with Gasteiger partial charge in [0, 0.05) is 23.7 Å². The highest BCUT2D eigenvalue weighted by Crippen LogP contribution is 2.12. The maximum atomic E-state index is 11.8. The summed E-state index contributed by atoms with van der Waals surface area (Å²) in [6.45, 7) is 2.78. The molecule has 0 fully saturated rings. The molecule has 4 heteroatoms. The van der Waals surface area contributed by atoms with Crippen LogP contribution in [-0.4, -0.2) is 15.6 Å². The molecule has 72 valence electrons. The normalized spacial score (nSPS) is 10.4. The van der Waals surface area contributed by atoms with Crippen molar-refractivity contribution >= 4 is 17.1 Å². The molecule has 0 bridgehead atoms. The second-order valence-corrected chi connectivity index (χ2v) is 3.71. The molecule has 0 aliphatic carbocycles. The van der Waals surface area contributed by atoms with E-state index in [0.29, 0.717) is 5.56 Å². The van der Waals surface area contributed by atoms with Crippen LogP contribution in [-0.2, 0) is 6.54 Å². The van der Waals surface area contributed by atoms with Crippen LogP contribution in [0.25, 0.3) is 0 Å². The maximum absolute atomic E-state index is 11.8. The van der Waals surface area contributed by atoms with Crippen LogP contribution in [0.2, 0.25) is 0 Å². The molecule has 0 saturated heterocycles. The summed E-state index contributed by atoms with van der Waals surface area (Å²) in [6.07, 6.45) is 3.39. The minimum absolute atomic E-state index is 0.0472. The zero-order chi connectivity index (χ0) is 9.97. The van der Waals surface area contributed by atoms with E-state index in [9.17, 15) is 4.79 Å². The Hall–Kier alpha value is -1.42. The van der Waals surface area contributed by atoms with Crippen molar-refractivity contribution in [3.05, 3.63) is 40.3 Å². The number of rotatable bonds is 3. The first-order valence-electron chi connectivity index (χ1n) is 4.40. The highest BCUT2D eigenvalue weighted by atomic mass is 32.1. The largest absolute Gasteiger partial charge is 0.288 e. The zero-order valence-electron chi connectivity index (χ0n) is 7.80. The van der Waals surface area contributed by atoms with E-state index in [1.165, 1.54) is 11.3 Å². The van der Waals surface area contributed by atoms with Gasteiger partial charge in [-0.3, -0.25) is 9.48 Å². The topological polar surface area (TPSA) is 34.9 Å². The van der Waals surface area contributed by atoms with Gasteiger partial charge in [-0.2, -0.15) is 16.4 Å². The Balaban J connectivity index is 2.28. The molecular weight excluding hydrogens is 196 g/mol. The third-order valence-corrected chi connectivity index (χ3v) is 2.69. The van der Waals surface area contributed by atoms with Gasteiger partial charge in [-0.05, 0) is 18.4 Å². The smallest absolute Gasteiger partial charge is 0.197 e. The predicted molar refractivity (Wildman–Crippen MR) is 55.7 cm³/mol. The fourth-order valence-corrected chi connectivity index (χ4v) is 1.85. The summed E-state index contributed by atoms with van der Waals surface area (Å²) < 4.78 is 1.75. The molecule has 2 aromatic heterocycles. The number of hydrogen-bond donors (Lipinski definition) is 0. The number of nitrogens with zero attached hydrogens (tertiary/aromatic N) is 2. The maximum Gasteiger partial charge on any atom is 0.197 e. The van der Waals surface area contributed by atoms with Crippen molar-refractivity contribution in [2.45, 2.75) is 13.5 Å². The quantitative estimate of drug-likeness (QED) is 0.721. The molecule has 0 saturated carbocycles. The predicted octanol–water partition coefficient (Wildman–Crippen LogP) is 2.20. The van der Waals surface area contributed by atoms with E-state index in [0.717, 1.165) is 12.1 Å². The third kappa shape index (κ3) is 1.61. The van der Waals surface area contributed by atoms with Crippen molar-refractivity contribution in [3.63, 3.8) is 0 Å². The summed E-state index contributed by atoms with van der Waals surface area (Å²) in [7, 11) is 0. The van der Waals surface area contributed by atoms with Crippen LogP contribution in [0.1, 0.15) is 22.8 Å². The number of carbonyl (C=O) groups is 1. The molecule has 3 nitrogen and oxygen atoms in total. The van der Waals surface area contributed by atoms with Gasteiger partial charge in [0.15, 0.2) is 5.78 Å². The lowest BCUT2D eigenvalue weighted by Gasteiger charge is -1.92. The standard InChI is InChI=1S/C10H10N2OS/c1-2-12-6-9(5-11-12)10(13)8-3-4-14-7-8/h3-7H,2H2,1H3. The fraction of sp³-hybridized carbons (Fsp3) is 0.200. The Morgan fingerprint density at radius 3 is 3.00 bits per heavy atom. The second-order valence-electron chi connectivity index (χ2n) is 2.93. The summed E-state index contributed by atoms with van der Waals surface area (Å²) in [5.41, 5.74) is 1.40. The molecule has 0 aliphatic rings. The first-order valence-corrected chi connectivity index (χ1v) is 5.35. The molecule has 0 radical (unpaired) electrons. The molecule has 2 rings (SSSR count). The van der Waals surface area contributed by atoms with Crippen LogP contribution in [0, 0.1) is 0 Å². The van der Waals surface area contributed by atoms with Crippen LogP contribution < -0.4 is 0 Å². The van der Waals surface area contributed by atoms with Crippen molar-refractivity contribution in [2.75, 3.05) is 0 Å². The van der Waals surface area contributed by atoms with E-state index < -0.39 is 0 Å². The number of ketones is 1. The van der Waals surface area contributed by atoms with Crippen molar-refractivity contribution < 1.29 is 4.79 Å². The fourth-order valence-electron chi connectivity index (χ4n) is 1.21. The molecule has 0 atom stereocenters. The summed E-state index contributed by atoms with van der Waals surface area (Å²) >= 11 is 1.53. The first-order chi connectivity index (χ1) is 6.81. The molecule has 0 spiro atoms. The zero-order valence-corrected chi connectivity index (χ0v) is 8.62. The van der Waals surface area contributed by atoms with Gasteiger partial charge in [-0.25, -0.2) is 0 Å². The van der Waals surface area contributed by atoms with E-state index >= 15 is 0 Å². The lowest BCUT2D eigenvalue weighted by molar-refractivity contribution is 0.103. The lowest BCUT2D eigenvalue weighted by atomic mass is 10.1. The molecule has 2 heterocycles. The SMILES string of the molecule is CCn1cc(C(=O)c2ccsc2)cn1. The Morgan fingerprint density at radius 1 is 1.57 bits per heavy atom. The van der Waals surface area contributed by atoms with Crippen LogP contribution in [0.3, 0.4) is 0 Å². The number of hydrogen-bond acceptors (Lipinski definition) is 3. The lowest BCUT2D eigenvalue weighted by Crippen LogP contribution is -1.98. The van der Waals surface area contributed by atoms with E-state index in [4.69, 9.17) is 0 Å². The molecule has 0 unspecified atom stereocenters. The Labute approximate surface area is 86.0 Å². The van der Waals surface area contributed by atoms with Crippen molar-refractivity contribution in [1.29, 1.82) is 0 Å². The second kappa shape index (κ2) is 3.75. The van der Waals surface area contributed by atoms with Gasteiger partial charge in [0.2, 0.25) is 0 Å². The summed E-state index contributed by atoms with van der Waals surface area (Å²) in [6, 6.07) is 1.83. The Kier molecular flexibility index (Phi) is 2.45. The number of aromatic nitrogens is 2. The van der Waals surface area contributed by atoms with Crippen molar-refractivity contribution in [3.8, 4) is 0 Å². The molecule has 2 aromatic rings. The van der Waals surface area contributed by atoms with Gasteiger partial charge in [0.1, 0.15) is 0 Å². The molecular formula is C10H10N2OS. The average molecular weight is 206 g/mol. The van der Waals surface area contributed by atoms with Crippen molar-refractivity contribution in [2.24, 2.45) is 0 Å². The van der Waals surface area contributed by atoms with Crippen LogP contribution in [0.4, 0.5) is 0 Å². The number of aryl methyl sites for hydroxylation is 1. The monoisotopic (exact) mass is 206 g/mol. The van der Waals surface area contributed by atoms with E-state index in [1.54, 1.807) is 17.1 Å². The van der Waals surface area contributed by atoms with Crippen molar-refractivity contribution in [1.82, 2.24) is 9.78 Å². The molecule has 0 aliphatic heterocycles. The minimum Gasteiger partial charge on any atom is -0.288 e. The average Bonchev–Trinajstić information content (AvgIpc) is 2.88. The summed E-state index contributed by atoms with van der Waals surface area (Å²) in [5.74, 6) is 0.0472. The van der Waals surface area contributed by atoms with Gasteiger partial charge in [0.25, 0.3) is 0 Å². The van der Waals surface area contributed by atoms with Gasteiger partial charge >= 0.3 is 0 Å². The molecule has 0 N–H and O–H groups in total. The highest BCUT2D eigenvalue weighted by Gasteiger charge is 2.10. The number of carbonyl (C=O) groups excluding carboxylic acids is 1. The Bertz CT molecular complexity index is 431. The summed E-state index contributed by atoms with van der Waals surface area (Å²) in [5, 5.41) is 7.82. The van der Waals surface area contributed by atoms with E-state index in [-0.39, 0.29) is 5.78 Å². The van der Waals surface area contributed by atoms with Gasteiger partial charge in [0.05, 0.1) is 11.8 Å². The molecule has 0 amide bonds. The molecule has 14 heavy (non-hydrogen) atoms. The van der Waals surface area contributed by atoms with E-state index in [1.807, 2.05) is 23.8 Å². The summed E-state index contributed by atoms with van der Waals surface area (Å²) in [4.78, 5) is 11.8. The van der Waals surface area contributed by atoms with Gasteiger partial charge in [-0.1, -0.05) is 0 Å². The first kappa shape index (κ1) is 9.15. The van der Waals surface area contributed by atoms with Crippen LogP contribution in [0.5, 0.6) is 0 Å².